The lowest BCUT2D eigenvalue weighted by atomic mass is 10.1. The maximum atomic E-state index is 11.2. The van der Waals surface area contributed by atoms with E-state index in [1.54, 1.807) is 6.92 Å². The molecule has 1 N–H and O–H groups in total. The third kappa shape index (κ3) is 1.78. The summed E-state index contributed by atoms with van der Waals surface area (Å²) >= 11 is 0. The van der Waals surface area contributed by atoms with Gasteiger partial charge in [0.05, 0.1) is 12.1 Å². The molecule has 2 amide bonds. The second-order valence-electron chi connectivity index (χ2n) is 3.10. The predicted molar refractivity (Wildman–Crippen MR) is 46.8 cm³/mol. The van der Waals surface area contributed by atoms with Gasteiger partial charge in [-0.25, -0.2) is 0 Å². The smallest absolute Gasteiger partial charge is 0.253 e. The summed E-state index contributed by atoms with van der Waals surface area (Å²) in [7, 11) is 0. The summed E-state index contributed by atoms with van der Waals surface area (Å²) in [4.78, 5) is 23.5. The summed E-state index contributed by atoms with van der Waals surface area (Å²) in [5.41, 5.74) is 0. The van der Waals surface area contributed by atoms with Crippen LogP contribution in [0.25, 0.3) is 0 Å². The molecule has 0 saturated carbocycles. The van der Waals surface area contributed by atoms with Crippen molar-refractivity contribution in [1.29, 1.82) is 0 Å². The van der Waals surface area contributed by atoms with E-state index in [1.165, 1.54) is 12.2 Å². The van der Waals surface area contributed by atoms with Gasteiger partial charge < -0.3 is 5.11 Å². The highest BCUT2D eigenvalue weighted by Gasteiger charge is 2.32. The molecule has 4 heteroatoms. The average molecular weight is 183 g/mol. The van der Waals surface area contributed by atoms with Gasteiger partial charge in [0.25, 0.3) is 11.8 Å². The van der Waals surface area contributed by atoms with E-state index in [0.717, 1.165) is 4.90 Å². The van der Waals surface area contributed by atoms with Gasteiger partial charge in [-0.05, 0) is 13.3 Å². The first-order chi connectivity index (χ1) is 6.07. The first-order valence-electron chi connectivity index (χ1n) is 4.31. The molecule has 13 heavy (non-hydrogen) atoms. The number of hydrogen-bond donors (Lipinski definition) is 1. The van der Waals surface area contributed by atoms with Crippen molar-refractivity contribution in [3.05, 3.63) is 12.2 Å². The van der Waals surface area contributed by atoms with E-state index in [0.29, 0.717) is 6.42 Å². The van der Waals surface area contributed by atoms with E-state index < -0.39 is 12.1 Å². The third-order valence-corrected chi connectivity index (χ3v) is 2.15. The Morgan fingerprint density at radius 3 is 2.15 bits per heavy atom. The van der Waals surface area contributed by atoms with E-state index in [2.05, 4.69) is 0 Å². The summed E-state index contributed by atoms with van der Waals surface area (Å²) in [5.74, 6) is -0.671. The molecule has 2 unspecified atom stereocenters. The first kappa shape index (κ1) is 9.92. The molecule has 0 aromatic heterocycles. The lowest BCUT2D eigenvalue weighted by Gasteiger charge is -2.27. The normalized spacial score (nSPS) is 21.0. The molecule has 0 fully saturated rings. The molecule has 2 atom stereocenters. The molecule has 4 nitrogen and oxygen atoms in total. The molecule has 72 valence electrons. The Morgan fingerprint density at radius 1 is 1.38 bits per heavy atom. The van der Waals surface area contributed by atoms with Crippen LogP contribution in [-0.4, -0.2) is 34.0 Å². The molecule has 0 aromatic rings. The van der Waals surface area contributed by atoms with Crippen molar-refractivity contribution < 1.29 is 14.7 Å². The van der Waals surface area contributed by atoms with Gasteiger partial charge in [0, 0.05) is 12.2 Å². The molecule has 0 bridgehead atoms. The maximum absolute atomic E-state index is 11.2. The zero-order valence-electron chi connectivity index (χ0n) is 7.73. The van der Waals surface area contributed by atoms with Crippen molar-refractivity contribution in [3.8, 4) is 0 Å². The summed E-state index contributed by atoms with van der Waals surface area (Å²) in [5, 5.41) is 9.33. The fourth-order valence-electron chi connectivity index (χ4n) is 1.48. The highest BCUT2D eigenvalue weighted by Crippen LogP contribution is 2.14. The van der Waals surface area contributed by atoms with Gasteiger partial charge in [-0.15, -0.1) is 0 Å². The fraction of sp³-hybridized carbons (Fsp3) is 0.556. The number of carbonyl (C=O) groups is 2. The van der Waals surface area contributed by atoms with Crippen LogP contribution in [0.5, 0.6) is 0 Å². The lowest BCUT2D eigenvalue weighted by Crippen LogP contribution is -2.45. The standard InChI is InChI=1S/C9H13NO3/c1-3-7(6(2)11)10-8(12)4-5-9(10)13/h4-7,11H,3H2,1-2H3. The van der Waals surface area contributed by atoms with Crippen molar-refractivity contribution in [2.24, 2.45) is 0 Å². The molecule has 1 rings (SSSR count). The van der Waals surface area contributed by atoms with Crippen molar-refractivity contribution in [3.63, 3.8) is 0 Å². The molecule has 0 radical (unpaired) electrons. The largest absolute Gasteiger partial charge is 0.391 e. The van der Waals surface area contributed by atoms with Gasteiger partial charge in [0.1, 0.15) is 0 Å². The van der Waals surface area contributed by atoms with Crippen LogP contribution < -0.4 is 0 Å². The van der Waals surface area contributed by atoms with Crippen molar-refractivity contribution >= 4 is 11.8 Å². The number of aliphatic hydroxyl groups is 1. The number of rotatable bonds is 3. The minimum Gasteiger partial charge on any atom is -0.391 e. The molecule has 0 saturated heterocycles. The molecule has 0 aliphatic carbocycles. The second kappa shape index (κ2) is 3.70. The quantitative estimate of drug-likeness (QED) is 0.630. The summed E-state index contributed by atoms with van der Waals surface area (Å²) in [6, 6.07) is -0.407. The Hall–Kier alpha value is -1.16. The van der Waals surface area contributed by atoms with Crippen LogP contribution in [-0.2, 0) is 9.59 Å². The zero-order chi connectivity index (χ0) is 10.0. The van der Waals surface area contributed by atoms with Gasteiger partial charge in [-0.2, -0.15) is 0 Å². The number of imide groups is 1. The number of nitrogens with zero attached hydrogens (tertiary/aromatic N) is 1. The molecule has 1 aliphatic rings. The van der Waals surface area contributed by atoms with Gasteiger partial charge in [0.15, 0.2) is 0 Å². The molecule has 1 aliphatic heterocycles. The SMILES string of the molecule is CCC(C(C)O)N1C(=O)C=CC1=O. The highest BCUT2D eigenvalue weighted by atomic mass is 16.3. The zero-order valence-corrected chi connectivity index (χ0v) is 7.73. The van der Waals surface area contributed by atoms with Crippen LogP contribution in [0.4, 0.5) is 0 Å². The number of amides is 2. The monoisotopic (exact) mass is 183 g/mol. The average Bonchev–Trinajstić information content (AvgIpc) is 2.36. The molecule has 0 spiro atoms. The second-order valence-corrected chi connectivity index (χ2v) is 3.10. The van der Waals surface area contributed by atoms with Crippen LogP contribution in [0.15, 0.2) is 12.2 Å². The van der Waals surface area contributed by atoms with Crippen LogP contribution in [0.2, 0.25) is 0 Å². The van der Waals surface area contributed by atoms with Crippen molar-refractivity contribution in [2.75, 3.05) is 0 Å². The minimum absolute atomic E-state index is 0.335. The Kier molecular flexibility index (Phi) is 2.83. The van der Waals surface area contributed by atoms with Gasteiger partial charge >= 0.3 is 0 Å². The third-order valence-electron chi connectivity index (χ3n) is 2.15. The molecular formula is C9H13NO3. The van der Waals surface area contributed by atoms with E-state index in [9.17, 15) is 14.7 Å². The number of carbonyl (C=O) groups excluding carboxylic acids is 2. The van der Waals surface area contributed by atoms with E-state index in [1.807, 2.05) is 6.92 Å². The van der Waals surface area contributed by atoms with Crippen LogP contribution in [0, 0.1) is 0 Å². The van der Waals surface area contributed by atoms with Gasteiger partial charge in [0.2, 0.25) is 0 Å². The Morgan fingerprint density at radius 2 is 1.85 bits per heavy atom. The molecule has 1 heterocycles. The molecular weight excluding hydrogens is 170 g/mol. The topological polar surface area (TPSA) is 57.6 Å². The van der Waals surface area contributed by atoms with Crippen molar-refractivity contribution in [1.82, 2.24) is 4.90 Å². The Labute approximate surface area is 76.8 Å². The minimum atomic E-state index is -0.683. The van der Waals surface area contributed by atoms with Crippen LogP contribution >= 0.6 is 0 Å². The first-order valence-corrected chi connectivity index (χ1v) is 4.31. The highest BCUT2D eigenvalue weighted by molar-refractivity contribution is 6.13. The van der Waals surface area contributed by atoms with Crippen molar-refractivity contribution in [2.45, 2.75) is 32.4 Å². The van der Waals surface area contributed by atoms with E-state index in [-0.39, 0.29) is 11.8 Å². The number of hydrogen-bond acceptors (Lipinski definition) is 3. The Balaban J connectivity index is 2.81. The number of aliphatic hydroxyl groups excluding tert-OH is 1. The summed E-state index contributed by atoms with van der Waals surface area (Å²) in [6.07, 6.45) is 2.34. The summed E-state index contributed by atoms with van der Waals surface area (Å²) < 4.78 is 0. The van der Waals surface area contributed by atoms with E-state index in [4.69, 9.17) is 0 Å². The predicted octanol–water partition coefficient (Wildman–Crippen LogP) is 0.0708. The van der Waals surface area contributed by atoms with E-state index >= 15 is 0 Å². The summed E-state index contributed by atoms with van der Waals surface area (Å²) in [6.45, 7) is 3.41. The fourth-order valence-corrected chi connectivity index (χ4v) is 1.48. The lowest BCUT2D eigenvalue weighted by molar-refractivity contribution is -0.142. The molecule has 0 aromatic carbocycles. The van der Waals surface area contributed by atoms with Gasteiger partial charge in [-0.1, -0.05) is 6.92 Å². The van der Waals surface area contributed by atoms with Gasteiger partial charge in [-0.3, -0.25) is 14.5 Å². The van der Waals surface area contributed by atoms with Crippen LogP contribution in [0.1, 0.15) is 20.3 Å². The van der Waals surface area contributed by atoms with Crippen LogP contribution in [0.3, 0.4) is 0 Å². The maximum Gasteiger partial charge on any atom is 0.253 e. The Bertz CT molecular complexity index is 240.